The van der Waals surface area contributed by atoms with Crippen LogP contribution in [-0.4, -0.2) is 28.5 Å². The van der Waals surface area contributed by atoms with Crippen molar-refractivity contribution in [2.24, 2.45) is 0 Å². The van der Waals surface area contributed by atoms with Crippen LogP contribution in [0.15, 0.2) is 0 Å². The van der Waals surface area contributed by atoms with Crippen molar-refractivity contribution in [3.8, 4) is 0 Å². The summed E-state index contributed by atoms with van der Waals surface area (Å²) in [4.78, 5) is 20.9. The molecule has 0 bridgehead atoms. The van der Waals surface area contributed by atoms with Gasteiger partial charge >= 0.3 is 11.9 Å². The summed E-state index contributed by atoms with van der Waals surface area (Å²) >= 11 is 3.22. The predicted molar refractivity (Wildman–Crippen MR) is 50.8 cm³/mol. The van der Waals surface area contributed by atoms with Crippen LogP contribution < -0.4 is 0 Å². The van der Waals surface area contributed by atoms with E-state index in [1.54, 1.807) is 0 Å². The summed E-state index contributed by atoms with van der Waals surface area (Å²) in [6, 6.07) is 0. The zero-order chi connectivity index (χ0) is 10.3. The molecule has 4 nitrogen and oxygen atoms in total. The number of rotatable bonds is 6. The average molecular weight is 253 g/mol. The van der Waals surface area contributed by atoms with E-state index < -0.39 is 18.0 Å². The van der Waals surface area contributed by atoms with Crippen molar-refractivity contribution in [1.29, 1.82) is 0 Å². The topological polar surface area (TPSA) is 63.6 Å². The molecule has 0 heterocycles. The minimum atomic E-state index is -0.944. The molecule has 0 amide bonds. The van der Waals surface area contributed by atoms with Crippen molar-refractivity contribution < 1.29 is 19.4 Å². The van der Waals surface area contributed by atoms with E-state index in [-0.39, 0.29) is 6.42 Å². The number of alkyl halides is 1. The molecule has 1 unspecified atom stereocenters. The Morgan fingerprint density at radius 2 is 2.15 bits per heavy atom. The molecule has 0 aromatic carbocycles. The van der Waals surface area contributed by atoms with Gasteiger partial charge in [-0.25, -0.2) is 0 Å². The zero-order valence-electron chi connectivity index (χ0n) is 7.46. The number of esters is 1. The summed E-state index contributed by atoms with van der Waals surface area (Å²) in [7, 11) is 0. The van der Waals surface area contributed by atoms with Crippen molar-refractivity contribution >= 4 is 27.9 Å². The molecule has 0 aromatic rings. The Kier molecular flexibility index (Phi) is 6.58. The molecule has 76 valence electrons. The zero-order valence-corrected chi connectivity index (χ0v) is 9.04. The average Bonchev–Trinajstić information content (AvgIpc) is 1.98. The lowest BCUT2D eigenvalue weighted by Crippen LogP contribution is -2.20. The van der Waals surface area contributed by atoms with Crippen molar-refractivity contribution in [2.75, 3.05) is 5.33 Å². The molecule has 13 heavy (non-hydrogen) atoms. The molecule has 0 aliphatic rings. The monoisotopic (exact) mass is 252 g/mol. The maximum atomic E-state index is 10.6. The van der Waals surface area contributed by atoms with Gasteiger partial charge in [0.15, 0.2) is 0 Å². The van der Waals surface area contributed by atoms with Gasteiger partial charge in [0, 0.05) is 12.3 Å². The first-order chi connectivity index (χ1) is 6.06. The Bertz CT molecular complexity index is 165. The van der Waals surface area contributed by atoms with E-state index in [1.165, 1.54) is 6.92 Å². The van der Waals surface area contributed by atoms with E-state index in [0.717, 1.165) is 11.8 Å². The first-order valence-corrected chi connectivity index (χ1v) is 5.13. The number of carbonyl (C=O) groups is 2. The van der Waals surface area contributed by atoms with E-state index in [9.17, 15) is 9.59 Å². The van der Waals surface area contributed by atoms with Gasteiger partial charge in [-0.1, -0.05) is 15.9 Å². The summed E-state index contributed by atoms with van der Waals surface area (Å²) in [5.41, 5.74) is 0. The SMILES string of the molecule is CC(=O)OC(CCCBr)CC(=O)O. The Labute approximate surface area is 85.4 Å². The van der Waals surface area contributed by atoms with Gasteiger partial charge in [0.25, 0.3) is 0 Å². The maximum Gasteiger partial charge on any atom is 0.307 e. The van der Waals surface area contributed by atoms with E-state index in [0.29, 0.717) is 6.42 Å². The first kappa shape index (κ1) is 12.4. The lowest BCUT2D eigenvalue weighted by Gasteiger charge is -2.13. The summed E-state index contributed by atoms with van der Waals surface area (Å²) in [6.45, 7) is 1.28. The second-order valence-electron chi connectivity index (χ2n) is 2.66. The molecular formula is C8H13BrO4. The van der Waals surface area contributed by atoms with Gasteiger partial charge in [-0.2, -0.15) is 0 Å². The van der Waals surface area contributed by atoms with Crippen LogP contribution in [0, 0.1) is 0 Å². The number of hydrogen-bond donors (Lipinski definition) is 1. The van der Waals surface area contributed by atoms with Crippen LogP contribution in [-0.2, 0) is 14.3 Å². The number of hydrogen-bond acceptors (Lipinski definition) is 3. The van der Waals surface area contributed by atoms with Crippen molar-refractivity contribution in [3.63, 3.8) is 0 Å². The summed E-state index contributed by atoms with van der Waals surface area (Å²) in [5, 5.41) is 9.28. The molecule has 1 atom stereocenters. The van der Waals surface area contributed by atoms with Gasteiger partial charge in [0.2, 0.25) is 0 Å². The van der Waals surface area contributed by atoms with Crippen LogP contribution in [0.5, 0.6) is 0 Å². The lowest BCUT2D eigenvalue weighted by atomic mass is 10.1. The molecule has 5 heteroatoms. The summed E-state index contributed by atoms with van der Waals surface area (Å²) < 4.78 is 4.82. The summed E-state index contributed by atoms with van der Waals surface area (Å²) in [6.07, 6.45) is 0.766. The number of ether oxygens (including phenoxy) is 1. The second-order valence-corrected chi connectivity index (χ2v) is 3.45. The smallest absolute Gasteiger partial charge is 0.307 e. The van der Waals surface area contributed by atoms with Gasteiger partial charge in [-0.05, 0) is 12.8 Å². The number of halogens is 1. The highest BCUT2D eigenvalue weighted by molar-refractivity contribution is 9.09. The Morgan fingerprint density at radius 1 is 1.54 bits per heavy atom. The van der Waals surface area contributed by atoms with Crippen LogP contribution >= 0.6 is 15.9 Å². The fourth-order valence-corrected chi connectivity index (χ4v) is 1.26. The minimum Gasteiger partial charge on any atom is -0.481 e. The Morgan fingerprint density at radius 3 is 2.54 bits per heavy atom. The highest BCUT2D eigenvalue weighted by Gasteiger charge is 2.15. The standard InChI is InChI=1S/C8H13BrO4/c1-6(10)13-7(3-2-4-9)5-8(11)12/h7H,2-5H2,1H3,(H,11,12). The van der Waals surface area contributed by atoms with E-state index in [1.807, 2.05) is 0 Å². The predicted octanol–water partition coefficient (Wildman–Crippen LogP) is 1.57. The molecular weight excluding hydrogens is 240 g/mol. The molecule has 0 aliphatic heterocycles. The lowest BCUT2D eigenvalue weighted by molar-refractivity contribution is -0.151. The fraction of sp³-hybridized carbons (Fsp3) is 0.750. The van der Waals surface area contributed by atoms with Crippen LogP contribution in [0.3, 0.4) is 0 Å². The number of aliphatic carboxylic acids is 1. The number of carboxylic acids is 1. The molecule has 0 fully saturated rings. The third-order valence-corrected chi connectivity index (χ3v) is 1.96. The third kappa shape index (κ3) is 7.77. The van der Waals surface area contributed by atoms with Gasteiger partial charge < -0.3 is 9.84 Å². The molecule has 0 aromatic heterocycles. The normalized spacial score (nSPS) is 12.2. The van der Waals surface area contributed by atoms with E-state index in [4.69, 9.17) is 9.84 Å². The highest BCUT2D eigenvalue weighted by Crippen LogP contribution is 2.08. The number of carbonyl (C=O) groups excluding carboxylic acids is 1. The largest absolute Gasteiger partial charge is 0.481 e. The van der Waals surface area contributed by atoms with E-state index >= 15 is 0 Å². The van der Waals surface area contributed by atoms with E-state index in [2.05, 4.69) is 15.9 Å². The summed E-state index contributed by atoms with van der Waals surface area (Å²) in [5.74, 6) is -1.37. The van der Waals surface area contributed by atoms with Crippen molar-refractivity contribution in [1.82, 2.24) is 0 Å². The quantitative estimate of drug-likeness (QED) is 0.576. The molecule has 1 N–H and O–H groups in total. The molecule has 0 radical (unpaired) electrons. The van der Waals surface area contributed by atoms with Crippen LogP contribution in [0.1, 0.15) is 26.2 Å². The Balaban J connectivity index is 3.87. The van der Waals surface area contributed by atoms with Crippen LogP contribution in [0.2, 0.25) is 0 Å². The molecule has 0 saturated heterocycles. The molecule has 0 rings (SSSR count). The molecule has 0 spiro atoms. The van der Waals surface area contributed by atoms with Gasteiger partial charge in [-0.15, -0.1) is 0 Å². The first-order valence-electron chi connectivity index (χ1n) is 4.01. The van der Waals surface area contributed by atoms with Gasteiger partial charge in [0.1, 0.15) is 6.10 Å². The molecule has 0 saturated carbocycles. The van der Waals surface area contributed by atoms with Crippen LogP contribution in [0.25, 0.3) is 0 Å². The third-order valence-electron chi connectivity index (χ3n) is 1.39. The number of carboxylic acid groups (broad SMARTS) is 1. The van der Waals surface area contributed by atoms with Crippen molar-refractivity contribution in [3.05, 3.63) is 0 Å². The maximum absolute atomic E-state index is 10.6. The van der Waals surface area contributed by atoms with Gasteiger partial charge in [0.05, 0.1) is 6.42 Å². The second kappa shape index (κ2) is 6.88. The van der Waals surface area contributed by atoms with Gasteiger partial charge in [-0.3, -0.25) is 9.59 Å². The fourth-order valence-electron chi connectivity index (χ4n) is 0.937. The van der Waals surface area contributed by atoms with Crippen molar-refractivity contribution in [2.45, 2.75) is 32.3 Å². The Hall–Kier alpha value is -0.580. The molecule has 0 aliphatic carbocycles. The highest BCUT2D eigenvalue weighted by atomic mass is 79.9. The minimum absolute atomic E-state index is 0.118. The van der Waals surface area contributed by atoms with Crippen LogP contribution in [0.4, 0.5) is 0 Å².